The second-order valence-electron chi connectivity index (χ2n) is 3.91. The number of hydrogen-bond acceptors (Lipinski definition) is 0. The van der Waals surface area contributed by atoms with E-state index in [-0.39, 0.29) is 7.43 Å². The van der Waals surface area contributed by atoms with Crippen LogP contribution in [0.2, 0.25) is 0 Å². The second-order valence-corrected chi connectivity index (χ2v) is 3.91. The van der Waals surface area contributed by atoms with Crippen molar-refractivity contribution >= 4 is 0 Å². The van der Waals surface area contributed by atoms with Crippen molar-refractivity contribution in [1.82, 2.24) is 0 Å². The van der Waals surface area contributed by atoms with Gasteiger partial charge >= 0.3 is 0 Å². The van der Waals surface area contributed by atoms with Crippen LogP contribution in [0.25, 0.3) is 0 Å². The minimum atomic E-state index is 0. The van der Waals surface area contributed by atoms with E-state index >= 15 is 0 Å². The molecule has 0 spiro atoms. The summed E-state index contributed by atoms with van der Waals surface area (Å²) in [5.74, 6) is 0.795. The van der Waals surface area contributed by atoms with Gasteiger partial charge in [-0.05, 0) is 32.1 Å². The molecular formula is C12H22. The zero-order chi connectivity index (χ0) is 8.27. The molecule has 70 valence electrons. The van der Waals surface area contributed by atoms with E-state index in [2.05, 4.69) is 32.9 Å². The lowest BCUT2D eigenvalue weighted by molar-refractivity contribution is 0.644. The smallest absolute Gasteiger partial charge is 0.0259 e. The molecule has 0 fully saturated rings. The summed E-state index contributed by atoms with van der Waals surface area (Å²) >= 11 is 0. The van der Waals surface area contributed by atoms with Crippen molar-refractivity contribution in [2.45, 2.75) is 47.5 Å². The van der Waals surface area contributed by atoms with Crippen molar-refractivity contribution in [3.63, 3.8) is 0 Å². The molecule has 0 atom stereocenters. The third-order valence-electron chi connectivity index (χ3n) is 2.02. The molecule has 0 heterocycles. The highest BCUT2D eigenvalue weighted by Gasteiger charge is 2.03. The van der Waals surface area contributed by atoms with Crippen molar-refractivity contribution < 1.29 is 0 Å². The summed E-state index contributed by atoms with van der Waals surface area (Å²) < 4.78 is 0. The molecule has 0 aromatic carbocycles. The molecule has 0 radical (unpaired) electrons. The van der Waals surface area contributed by atoms with Crippen LogP contribution in [-0.2, 0) is 0 Å². The van der Waals surface area contributed by atoms with E-state index in [0.717, 1.165) is 5.92 Å². The molecule has 0 saturated heterocycles. The summed E-state index contributed by atoms with van der Waals surface area (Å²) in [6.45, 7) is 6.78. The lowest BCUT2D eigenvalue weighted by Crippen LogP contribution is -1.94. The summed E-state index contributed by atoms with van der Waals surface area (Å²) in [4.78, 5) is 0. The van der Waals surface area contributed by atoms with Crippen molar-refractivity contribution in [1.29, 1.82) is 0 Å². The standard InChI is InChI=1S/C11H18.CH4/c1-9(2)7-11-6-4-5-10(3)8-11;/h6,8-9H,4-5,7H2,1-3H3;1H4. The van der Waals surface area contributed by atoms with Crippen LogP contribution in [0.4, 0.5) is 0 Å². The van der Waals surface area contributed by atoms with Crippen LogP contribution >= 0.6 is 0 Å². The van der Waals surface area contributed by atoms with Gasteiger partial charge in [0.1, 0.15) is 0 Å². The van der Waals surface area contributed by atoms with Crippen molar-refractivity contribution in [3.05, 3.63) is 23.3 Å². The summed E-state index contributed by atoms with van der Waals surface area (Å²) in [6, 6.07) is 0. The maximum Gasteiger partial charge on any atom is -0.0259 e. The van der Waals surface area contributed by atoms with Gasteiger partial charge in [-0.2, -0.15) is 0 Å². The zero-order valence-corrected chi connectivity index (χ0v) is 7.85. The van der Waals surface area contributed by atoms with E-state index in [1.807, 2.05) is 0 Å². The maximum absolute atomic E-state index is 2.38. The van der Waals surface area contributed by atoms with Gasteiger partial charge in [-0.3, -0.25) is 0 Å². The van der Waals surface area contributed by atoms with E-state index < -0.39 is 0 Å². The molecular weight excluding hydrogens is 144 g/mol. The van der Waals surface area contributed by atoms with E-state index in [1.165, 1.54) is 19.3 Å². The number of rotatable bonds is 2. The lowest BCUT2D eigenvalue weighted by Gasteiger charge is -2.12. The third kappa shape index (κ3) is 3.75. The molecule has 0 unspecified atom stereocenters. The molecule has 0 amide bonds. The average Bonchev–Trinajstić information content (AvgIpc) is 1.85. The Kier molecular flexibility index (Phi) is 4.96. The highest BCUT2D eigenvalue weighted by Crippen LogP contribution is 2.21. The average molecular weight is 166 g/mol. The molecule has 0 aromatic heterocycles. The van der Waals surface area contributed by atoms with Crippen LogP contribution in [0.5, 0.6) is 0 Å². The summed E-state index contributed by atoms with van der Waals surface area (Å²) in [7, 11) is 0. The molecule has 1 rings (SSSR count). The normalized spacial score (nSPS) is 16.7. The van der Waals surface area contributed by atoms with Crippen LogP contribution in [0.1, 0.15) is 47.5 Å². The van der Waals surface area contributed by atoms with E-state index in [1.54, 1.807) is 11.1 Å². The van der Waals surface area contributed by atoms with E-state index in [0.29, 0.717) is 0 Å². The van der Waals surface area contributed by atoms with Gasteiger partial charge in [-0.15, -0.1) is 0 Å². The van der Waals surface area contributed by atoms with Gasteiger partial charge in [-0.1, -0.05) is 44.6 Å². The number of hydrogen-bond donors (Lipinski definition) is 0. The molecule has 0 heteroatoms. The Morgan fingerprint density at radius 2 is 2.08 bits per heavy atom. The molecule has 0 nitrogen and oxygen atoms in total. The molecule has 0 N–H and O–H groups in total. The topological polar surface area (TPSA) is 0 Å². The van der Waals surface area contributed by atoms with Gasteiger partial charge in [-0.25, -0.2) is 0 Å². The summed E-state index contributed by atoms with van der Waals surface area (Å²) in [6.07, 6.45) is 8.50. The minimum Gasteiger partial charge on any atom is -0.0810 e. The van der Waals surface area contributed by atoms with Crippen LogP contribution < -0.4 is 0 Å². The fourth-order valence-corrected chi connectivity index (χ4v) is 1.55. The quantitative estimate of drug-likeness (QED) is 0.572. The third-order valence-corrected chi connectivity index (χ3v) is 2.02. The van der Waals surface area contributed by atoms with Crippen LogP contribution in [0, 0.1) is 5.92 Å². The minimum absolute atomic E-state index is 0. The van der Waals surface area contributed by atoms with Crippen molar-refractivity contribution in [3.8, 4) is 0 Å². The Balaban J connectivity index is 0.00000121. The van der Waals surface area contributed by atoms with Gasteiger partial charge < -0.3 is 0 Å². The number of allylic oxidation sites excluding steroid dienone is 4. The van der Waals surface area contributed by atoms with Gasteiger partial charge in [0.25, 0.3) is 0 Å². The van der Waals surface area contributed by atoms with Crippen LogP contribution in [0.15, 0.2) is 23.3 Å². The lowest BCUT2D eigenvalue weighted by atomic mass is 9.94. The van der Waals surface area contributed by atoms with Gasteiger partial charge in [0.05, 0.1) is 0 Å². The molecule has 0 aliphatic heterocycles. The van der Waals surface area contributed by atoms with Crippen LogP contribution in [-0.4, -0.2) is 0 Å². The Labute approximate surface area is 77.4 Å². The maximum atomic E-state index is 2.38. The predicted molar refractivity (Wildman–Crippen MR) is 57.3 cm³/mol. The molecule has 0 bridgehead atoms. The Morgan fingerprint density at radius 3 is 2.58 bits per heavy atom. The SMILES string of the molecule is C.CC1=CC(CC(C)C)=CCC1. The molecule has 12 heavy (non-hydrogen) atoms. The molecule has 1 aliphatic rings. The molecule has 1 aliphatic carbocycles. The Morgan fingerprint density at radius 1 is 1.42 bits per heavy atom. The highest BCUT2D eigenvalue weighted by molar-refractivity contribution is 5.26. The Bertz CT molecular complexity index is 182. The van der Waals surface area contributed by atoms with Gasteiger partial charge in [0, 0.05) is 0 Å². The predicted octanol–water partition coefficient (Wildman–Crippen LogP) is 4.34. The first-order valence-corrected chi connectivity index (χ1v) is 4.54. The highest BCUT2D eigenvalue weighted by atomic mass is 14.1. The van der Waals surface area contributed by atoms with E-state index in [4.69, 9.17) is 0 Å². The Hall–Kier alpha value is -0.520. The van der Waals surface area contributed by atoms with E-state index in [9.17, 15) is 0 Å². The summed E-state index contributed by atoms with van der Waals surface area (Å²) in [5, 5.41) is 0. The molecule has 0 saturated carbocycles. The van der Waals surface area contributed by atoms with Crippen LogP contribution in [0.3, 0.4) is 0 Å². The first-order chi connectivity index (χ1) is 5.18. The first kappa shape index (κ1) is 11.5. The molecule has 0 aromatic rings. The first-order valence-electron chi connectivity index (χ1n) is 4.54. The van der Waals surface area contributed by atoms with Gasteiger partial charge in [0.15, 0.2) is 0 Å². The van der Waals surface area contributed by atoms with Gasteiger partial charge in [0.2, 0.25) is 0 Å². The largest absolute Gasteiger partial charge is 0.0810 e. The fourth-order valence-electron chi connectivity index (χ4n) is 1.55. The van der Waals surface area contributed by atoms with Crippen molar-refractivity contribution in [2.24, 2.45) is 5.92 Å². The zero-order valence-electron chi connectivity index (χ0n) is 7.85. The summed E-state index contributed by atoms with van der Waals surface area (Å²) in [5.41, 5.74) is 3.09. The fraction of sp³-hybridized carbons (Fsp3) is 0.667. The second kappa shape index (κ2) is 5.18. The van der Waals surface area contributed by atoms with Crippen molar-refractivity contribution in [2.75, 3.05) is 0 Å². The monoisotopic (exact) mass is 166 g/mol.